The second kappa shape index (κ2) is 12.4. The number of piperidine rings is 1. The molecule has 1 saturated heterocycles. The lowest BCUT2D eigenvalue weighted by Gasteiger charge is -2.40. The van der Waals surface area contributed by atoms with Gasteiger partial charge in [-0.05, 0) is 87.4 Å². The zero-order chi connectivity index (χ0) is 31.8. The molecule has 0 bridgehead atoms. The van der Waals surface area contributed by atoms with Gasteiger partial charge in [-0.15, -0.1) is 11.3 Å². The molecule has 2 N–H and O–H groups in total. The van der Waals surface area contributed by atoms with Gasteiger partial charge in [-0.1, -0.05) is 32.0 Å². The molecule has 1 aromatic carbocycles. The molecule has 0 aliphatic carbocycles. The van der Waals surface area contributed by atoms with Crippen molar-refractivity contribution in [3.8, 4) is 11.1 Å². The Labute approximate surface area is 264 Å². The van der Waals surface area contributed by atoms with Gasteiger partial charge in [0.25, 0.3) is 0 Å². The van der Waals surface area contributed by atoms with E-state index in [1.807, 2.05) is 6.92 Å². The number of nitrogens with zero attached hydrogens (tertiary/aromatic N) is 5. The molecule has 44 heavy (non-hydrogen) atoms. The van der Waals surface area contributed by atoms with Crippen molar-refractivity contribution in [2.75, 3.05) is 29.4 Å². The van der Waals surface area contributed by atoms with Gasteiger partial charge in [0.05, 0.1) is 23.1 Å². The lowest BCUT2D eigenvalue weighted by molar-refractivity contribution is -0.136. The molecular weight excluding hydrogens is 570 g/mol. The zero-order valence-corrected chi connectivity index (χ0v) is 27.9. The van der Waals surface area contributed by atoms with Crippen LogP contribution in [0.3, 0.4) is 0 Å². The average molecular weight is 616 g/mol. The van der Waals surface area contributed by atoms with Crippen LogP contribution in [0.5, 0.6) is 0 Å². The van der Waals surface area contributed by atoms with Gasteiger partial charge in [0.1, 0.15) is 17.0 Å². The second-order valence-electron chi connectivity index (χ2n) is 13.9. The lowest BCUT2D eigenvalue weighted by atomic mass is 9.82. The molecule has 0 atom stereocenters. The SMILES string of the molecule is CC(C)(C)O.Cc1nc(C)c(-c2ccc3c(c2)CCN(c2ncnc4sccc24)C3)c(N2CCC(C)(C)CC2)c1CC(=O)O. The number of aromatic nitrogens is 3. The van der Waals surface area contributed by atoms with Crippen LogP contribution < -0.4 is 9.80 Å². The summed E-state index contributed by atoms with van der Waals surface area (Å²) < 4.78 is 0. The van der Waals surface area contributed by atoms with Gasteiger partial charge in [-0.2, -0.15) is 0 Å². The van der Waals surface area contributed by atoms with Gasteiger partial charge in [0.15, 0.2) is 0 Å². The molecule has 6 rings (SSSR count). The molecule has 0 radical (unpaired) electrons. The van der Waals surface area contributed by atoms with E-state index in [0.717, 1.165) is 95.2 Å². The minimum atomic E-state index is -0.816. The molecule has 0 amide bonds. The predicted octanol–water partition coefficient (Wildman–Crippen LogP) is 6.96. The minimum absolute atomic E-state index is 0.0166. The highest BCUT2D eigenvalue weighted by molar-refractivity contribution is 7.16. The number of hydrogen-bond acceptors (Lipinski definition) is 8. The monoisotopic (exact) mass is 615 g/mol. The van der Waals surface area contributed by atoms with Gasteiger partial charge < -0.3 is 20.0 Å². The zero-order valence-electron chi connectivity index (χ0n) is 27.1. The van der Waals surface area contributed by atoms with Crippen LogP contribution in [0.15, 0.2) is 36.0 Å². The average Bonchev–Trinajstić information content (AvgIpc) is 3.42. The van der Waals surface area contributed by atoms with Crippen molar-refractivity contribution in [2.45, 2.75) is 86.3 Å². The number of thiophene rings is 1. The summed E-state index contributed by atoms with van der Waals surface area (Å²) in [5.41, 5.74) is 8.33. The number of pyridine rings is 1. The fraction of sp³-hybridized carbons (Fsp3) is 0.486. The summed E-state index contributed by atoms with van der Waals surface area (Å²) in [6, 6.07) is 8.86. The molecule has 3 aromatic heterocycles. The van der Waals surface area contributed by atoms with E-state index in [9.17, 15) is 9.90 Å². The smallest absolute Gasteiger partial charge is 0.307 e. The molecule has 8 nitrogen and oxygen atoms in total. The van der Waals surface area contributed by atoms with E-state index in [4.69, 9.17) is 10.1 Å². The van der Waals surface area contributed by atoms with Crippen LogP contribution in [0.25, 0.3) is 21.3 Å². The fourth-order valence-electron chi connectivity index (χ4n) is 6.18. The van der Waals surface area contributed by atoms with E-state index in [-0.39, 0.29) is 6.42 Å². The predicted molar refractivity (Wildman–Crippen MR) is 180 cm³/mol. The van der Waals surface area contributed by atoms with E-state index < -0.39 is 11.6 Å². The summed E-state index contributed by atoms with van der Waals surface area (Å²) in [7, 11) is 0. The van der Waals surface area contributed by atoms with Crippen LogP contribution in [0.1, 0.15) is 75.5 Å². The van der Waals surface area contributed by atoms with Gasteiger partial charge in [-0.25, -0.2) is 9.97 Å². The van der Waals surface area contributed by atoms with Gasteiger partial charge in [0.2, 0.25) is 0 Å². The summed E-state index contributed by atoms with van der Waals surface area (Å²) in [4.78, 5) is 31.6. The number of benzene rings is 1. The number of carboxylic acids is 1. The maximum atomic E-state index is 11.9. The van der Waals surface area contributed by atoms with Crippen molar-refractivity contribution >= 4 is 39.0 Å². The van der Waals surface area contributed by atoms with Crippen LogP contribution in [-0.2, 0) is 24.2 Å². The summed E-state index contributed by atoms with van der Waals surface area (Å²) in [6.07, 6.45) is 4.74. The van der Waals surface area contributed by atoms with E-state index in [0.29, 0.717) is 5.41 Å². The number of carboxylic acid groups (broad SMARTS) is 1. The summed E-state index contributed by atoms with van der Waals surface area (Å²) in [5.74, 6) is 0.187. The molecule has 234 valence electrons. The van der Waals surface area contributed by atoms with Crippen LogP contribution in [0.4, 0.5) is 11.5 Å². The standard InChI is InChI=1S/C31H35N5O2S.C4H10O/c1-19-25(16-26(37)38)28(35-12-9-31(3,4)10-13-35)27(20(2)34-19)22-5-6-23-17-36(11-7-21(23)15-22)29-24-8-14-39-30(24)33-18-32-29;1-4(2,3)5/h5-6,8,14-15,18H,7,9-13,16-17H2,1-4H3,(H,37,38);5H,1-3H3. The molecule has 2 aliphatic heterocycles. The Balaban J connectivity index is 0.000000712. The number of rotatable bonds is 5. The second-order valence-corrected chi connectivity index (χ2v) is 14.8. The van der Waals surface area contributed by atoms with Crippen LogP contribution in [0.2, 0.25) is 0 Å². The highest BCUT2D eigenvalue weighted by Gasteiger charge is 2.31. The first-order chi connectivity index (χ1) is 20.7. The summed E-state index contributed by atoms with van der Waals surface area (Å²) in [6.45, 7) is 17.4. The third kappa shape index (κ3) is 7.21. The minimum Gasteiger partial charge on any atom is -0.481 e. The Morgan fingerprint density at radius 1 is 1.00 bits per heavy atom. The molecular formula is C35H45N5O3S. The number of hydrogen-bond donors (Lipinski definition) is 2. The first-order valence-corrected chi connectivity index (χ1v) is 16.3. The first kappa shape index (κ1) is 31.9. The summed E-state index contributed by atoms with van der Waals surface area (Å²) >= 11 is 1.65. The molecule has 2 aliphatic rings. The third-order valence-electron chi connectivity index (χ3n) is 8.47. The third-order valence-corrected chi connectivity index (χ3v) is 9.29. The number of aryl methyl sites for hydroxylation is 2. The molecule has 1 fully saturated rings. The first-order valence-electron chi connectivity index (χ1n) is 15.4. The molecule has 0 saturated carbocycles. The number of anilines is 2. The summed E-state index contributed by atoms with van der Waals surface area (Å²) in [5, 5.41) is 21.5. The van der Waals surface area contributed by atoms with Crippen LogP contribution in [0, 0.1) is 19.3 Å². The largest absolute Gasteiger partial charge is 0.481 e. The van der Waals surface area contributed by atoms with Crippen molar-refractivity contribution in [2.24, 2.45) is 5.41 Å². The van der Waals surface area contributed by atoms with Crippen LogP contribution >= 0.6 is 11.3 Å². The van der Waals surface area contributed by atoms with Crippen molar-refractivity contribution in [3.05, 3.63) is 64.1 Å². The number of carbonyl (C=O) groups is 1. The fourth-order valence-corrected chi connectivity index (χ4v) is 6.91. The maximum Gasteiger partial charge on any atom is 0.307 e. The van der Waals surface area contributed by atoms with Crippen molar-refractivity contribution < 1.29 is 15.0 Å². The van der Waals surface area contributed by atoms with Gasteiger partial charge in [-0.3, -0.25) is 9.78 Å². The number of aliphatic carboxylic acids is 1. The van der Waals surface area contributed by atoms with E-state index in [1.54, 1.807) is 38.4 Å². The highest BCUT2D eigenvalue weighted by atomic mass is 32.1. The van der Waals surface area contributed by atoms with E-state index in [1.165, 1.54) is 11.1 Å². The highest BCUT2D eigenvalue weighted by Crippen LogP contribution is 2.42. The van der Waals surface area contributed by atoms with Gasteiger partial charge >= 0.3 is 5.97 Å². The van der Waals surface area contributed by atoms with Crippen molar-refractivity contribution in [1.29, 1.82) is 0 Å². The Kier molecular flexibility index (Phi) is 9.01. The molecule has 0 unspecified atom stereocenters. The number of aliphatic hydroxyl groups is 1. The Morgan fingerprint density at radius 3 is 2.39 bits per heavy atom. The molecule has 5 heterocycles. The maximum absolute atomic E-state index is 11.9. The Hall–Kier alpha value is -3.56. The topological polar surface area (TPSA) is 103 Å². The Bertz CT molecular complexity index is 1660. The Morgan fingerprint density at radius 2 is 1.70 bits per heavy atom. The van der Waals surface area contributed by atoms with E-state index in [2.05, 4.69) is 70.2 Å². The molecule has 4 aromatic rings. The van der Waals surface area contributed by atoms with Crippen molar-refractivity contribution in [1.82, 2.24) is 15.0 Å². The van der Waals surface area contributed by atoms with Crippen LogP contribution in [-0.4, -0.2) is 56.4 Å². The van der Waals surface area contributed by atoms with E-state index >= 15 is 0 Å². The number of fused-ring (bicyclic) bond motifs is 2. The quantitative estimate of drug-likeness (QED) is 0.248. The van der Waals surface area contributed by atoms with Crippen molar-refractivity contribution in [3.63, 3.8) is 0 Å². The molecule has 9 heteroatoms. The molecule has 0 spiro atoms. The normalized spacial score (nSPS) is 16.4. The lowest BCUT2D eigenvalue weighted by Crippen LogP contribution is -2.38. The van der Waals surface area contributed by atoms with Gasteiger partial charge in [0, 0.05) is 48.7 Å².